The second-order valence-electron chi connectivity index (χ2n) is 8.52. The third-order valence-corrected chi connectivity index (χ3v) is 6.40. The van der Waals surface area contributed by atoms with Crippen molar-refractivity contribution in [3.63, 3.8) is 0 Å². The molecule has 0 atom stereocenters. The summed E-state index contributed by atoms with van der Waals surface area (Å²) in [5, 5.41) is 0. The van der Waals surface area contributed by atoms with Crippen molar-refractivity contribution in [2.24, 2.45) is 0 Å². The van der Waals surface area contributed by atoms with Crippen LogP contribution in [-0.4, -0.2) is 24.3 Å². The molecule has 1 fully saturated rings. The molecule has 5 aromatic rings. The van der Waals surface area contributed by atoms with Crippen LogP contribution >= 0.6 is 22.6 Å². The topological polar surface area (TPSA) is 100 Å². The van der Waals surface area contributed by atoms with E-state index < -0.39 is 5.82 Å². The van der Waals surface area contributed by atoms with Crippen LogP contribution in [0.2, 0.25) is 0 Å². The third-order valence-electron chi connectivity index (χ3n) is 5.84. The highest BCUT2D eigenvalue weighted by atomic mass is 127. The lowest BCUT2D eigenvalue weighted by Gasteiger charge is -2.10. The zero-order chi connectivity index (χ0) is 24.6. The van der Waals surface area contributed by atoms with Crippen LogP contribution < -0.4 is 15.2 Å². The molecule has 10 heteroatoms. The number of imidazole rings is 1. The number of anilines is 1. The summed E-state index contributed by atoms with van der Waals surface area (Å²) in [6.07, 6.45) is 9.21. The van der Waals surface area contributed by atoms with Gasteiger partial charge in [-0.1, -0.05) is 0 Å². The van der Waals surface area contributed by atoms with Gasteiger partial charge in [0, 0.05) is 82.6 Å². The third kappa shape index (κ3) is 4.68. The minimum absolute atomic E-state index is 0.216. The van der Waals surface area contributed by atoms with E-state index >= 15 is 0 Å². The summed E-state index contributed by atoms with van der Waals surface area (Å²) in [7, 11) is 0. The summed E-state index contributed by atoms with van der Waals surface area (Å²) in [6.45, 7) is 0.216. The molecule has 3 heterocycles. The standard InChI is InChI=1S/C26H20FIN6O2/c27-18-9-20(35-14-15-12-31-26(28)32-13-15)11-21(10-18)36-19-5-3-16(4-6-19)22-23-24(29)30-7-8-34(23)25(33-22)17-1-2-17/h3-13,17H,1-2,14H2,(H2,29,30). The predicted molar refractivity (Wildman–Crippen MR) is 140 cm³/mol. The molecule has 36 heavy (non-hydrogen) atoms. The maximum Gasteiger partial charge on any atom is 0.190 e. The molecule has 0 spiro atoms. The van der Waals surface area contributed by atoms with Gasteiger partial charge in [0.15, 0.2) is 3.83 Å². The van der Waals surface area contributed by atoms with Gasteiger partial charge in [-0.05, 0) is 37.1 Å². The highest BCUT2D eigenvalue weighted by Crippen LogP contribution is 2.42. The molecule has 1 aliphatic rings. The Morgan fingerprint density at radius 1 is 1.00 bits per heavy atom. The molecule has 1 aliphatic carbocycles. The van der Waals surface area contributed by atoms with Gasteiger partial charge in [-0.3, -0.25) is 4.40 Å². The lowest BCUT2D eigenvalue weighted by atomic mass is 10.1. The van der Waals surface area contributed by atoms with Gasteiger partial charge in [0.25, 0.3) is 0 Å². The van der Waals surface area contributed by atoms with Gasteiger partial charge in [-0.2, -0.15) is 0 Å². The maximum absolute atomic E-state index is 14.2. The zero-order valence-electron chi connectivity index (χ0n) is 18.9. The average molecular weight is 594 g/mol. The number of rotatable bonds is 7. The molecule has 2 aromatic carbocycles. The molecule has 0 amide bonds. The number of ether oxygens (including phenoxy) is 2. The number of benzene rings is 2. The van der Waals surface area contributed by atoms with Gasteiger partial charge < -0.3 is 15.2 Å². The first-order valence-electron chi connectivity index (χ1n) is 11.3. The average Bonchev–Trinajstić information content (AvgIpc) is 3.64. The fourth-order valence-corrected chi connectivity index (χ4v) is 4.27. The van der Waals surface area contributed by atoms with Gasteiger partial charge in [-0.25, -0.2) is 24.3 Å². The number of halogens is 2. The molecular formula is C26H20FIN6O2. The molecule has 8 nitrogen and oxygen atoms in total. The normalized spacial score (nSPS) is 13.2. The molecule has 180 valence electrons. The van der Waals surface area contributed by atoms with Crippen molar-refractivity contribution in [2.75, 3.05) is 5.73 Å². The summed E-state index contributed by atoms with van der Waals surface area (Å²) >= 11 is 2.03. The van der Waals surface area contributed by atoms with Crippen LogP contribution in [0.15, 0.2) is 67.3 Å². The predicted octanol–water partition coefficient (Wildman–Crippen LogP) is 5.76. The van der Waals surface area contributed by atoms with Crippen molar-refractivity contribution in [3.05, 3.63) is 88.3 Å². The van der Waals surface area contributed by atoms with Crippen LogP contribution in [-0.2, 0) is 6.61 Å². The molecule has 0 radical (unpaired) electrons. The van der Waals surface area contributed by atoms with Crippen molar-refractivity contribution in [3.8, 4) is 28.5 Å². The molecule has 0 bridgehead atoms. The number of nitrogens with zero attached hydrogens (tertiary/aromatic N) is 5. The minimum atomic E-state index is -0.460. The van der Waals surface area contributed by atoms with Crippen molar-refractivity contribution in [1.29, 1.82) is 0 Å². The van der Waals surface area contributed by atoms with Crippen LogP contribution in [0.25, 0.3) is 16.8 Å². The van der Waals surface area contributed by atoms with E-state index in [1.54, 1.807) is 24.7 Å². The lowest BCUT2D eigenvalue weighted by molar-refractivity contribution is 0.301. The number of aromatic nitrogens is 5. The lowest BCUT2D eigenvalue weighted by Crippen LogP contribution is -1.99. The Kier molecular flexibility index (Phi) is 5.88. The quantitative estimate of drug-likeness (QED) is 0.189. The van der Waals surface area contributed by atoms with Crippen LogP contribution in [0.1, 0.15) is 30.1 Å². The van der Waals surface area contributed by atoms with Crippen LogP contribution in [0.3, 0.4) is 0 Å². The second-order valence-corrected chi connectivity index (χ2v) is 9.49. The van der Waals surface area contributed by atoms with Crippen molar-refractivity contribution < 1.29 is 13.9 Å². The molecular weight excluding hydrogens is 574 g/mol. The SMILES string of the molecule is Nc1nccn2c(C3CC3)nc(-c3ccc(Oc4cc(F)cc(OCc5cnc(I)nc5)c4)cc3)c12. The van der Waals surface area contributed by atoms with E-state index in [-0.39, 0.29) is 6.61 Å². The Labute approximate surface area is 219 Å². The molecule has 0 aliphatic heterocycles. The highest BCUT2D eigenvalue weighted by Gasteiger charge is 2.30. The number of hydrogen-bond acceptors (Lipinski definition) is 7. The molecule has 0 unspecified atom stereocenters. The highest BCUT2D eigenvalue weighted by molar-refractivity contribution is 14.1. The van der Waals surface area contributed by atoms with Gasteiger partial charge in [0.05, 0.1) is 0 Å². The number of nitrogen functional groups attached to an aromatic ring is 1. The van der Waals surface area contributed by atoms with E-state index in [9.17, 15) is 4.39 Å². The summed E-state index contributed by atoms with van der Waals surface area (Å²) < 4.78 is 28.6. The Balaban J connectivity index is 1.21. The van der Waals surface area contributed by atoms with E-state index in [2.05, 4.69) is 15.0 Å². The Morgan fingerprint density at radius 2 is 1.75 bits per heavy atom. The first-order valence-corrected chi connectivity index (χ1v) is 12.4. The summed E-state index contributed by atoms with van der Waals surface area (Å²) in [6, 6.07) is 11.7. The number of fused-ring (bicyclic) bond motifs is 1. The fraction of sp³-hybridized carbons (Fsp3) is 0.154. The summed E-state index contributed by atoms with van der Waals surface area (Å²) in [5.41, 5.74) is 9.48. The second kappa shape index (κ2) is 9.34. The van der Waals surface area contributed by atoms with Crippen molar-refractivity contribution in [1.82, 2.24) is 24.3 Å². The molecule has 2 N–H and O–H groups in total. The van der Waals surface area contributed by atoms with E-state index in [1.165, 1.54) is 12.1 Å². The molecule has 3 aromatic heterocycles. The van der Waals surface area contributed by atoms with Crippen LogP contribution in [0.4, 0.5) is 10.2 Å². The van der Waals surface area contributed by atoms with E-state index in [4.69, 9.17) is 20.2 Å². The van der Waals surface area contributed by atoms with E-state index in [0.29, 0.717) is 32.8 Å². The summed E-state index contributed by atoms with van der Waals surface area (Å²) in [5.74, 6) is 2.68. The minimum Gasteiger partial charge on any atom is -0.489 e. The zero-order valence-corrected chi connectivity index (χ0v) is 21.1. The van der Waals surface area contributed by atoms with E-state index in [1.807, 2.05) is 57.5 Å². The van der Waals surface area contributed by atoms with Crippen LogP contribution in [0, 0.1) is 9.65 Å². The molecule has 1 saturated carbocycles. The summed E-state index contributed by atoms with van der Waals surface area (Å²) in [4.78, 5) is 17.4. The first kappa shape index (κ1) is 22.7. The largest absolute Gasteiger partial charge is 0.489 e. The number of hydrogen-bond donors (Lipinski definition) is 1. The smallest absolute Gasteiger partial charge is 0.190 e. The van der Waals surface area contributed by atoms with Crippen molar-refractivity contribution >= 4 is 33.9 Å². The number of nitrogens with two attached hydrogens (primary N) is 1. The Bertz CT molecular complexity index is 1550. The van der Waals surface area contributed by atoms with Crippen LogP contribution in [0.5, 0.6) is 17.2 Å². The first-order chi connectivity index (χ1) is 17.5. The van der Waals surface area contributed by atoms with Gasteiger partial charge in [-0.15, -0.1) is 0 Å². The molecule has 6 rings (SSSR count). The Morgan fingerprint density at radius 3 is 2.50 bits per heavy atom. The fourth-order valence-electron chi connectivity index (χ4n) is 3.99. The van der Waals surface area contributed by atoms with E-state index in [0.717, 1.165) is 41.0 Å². The van der Waals surface area contributed by atoms with Gasteiger partial charge >= 0.3 is 0 Å². The Hall–Kier alpha value is -3.80. The molecule has 0 saturated heterocycles. The maximum atomic E-state index is 14.2. The van der Waals surface area contributed by atoms with Crippen molar-refractivity contribution in [2.45, 2.75) is 25.4 Å². The monoisotopic (exact) mass is 594 g/mol. The van der Waals surface area contributed by atoms with Gasteiger partial charge in [0.2, 0.25) is 0 Å². The van der Waals surface area contributed by atoms with Gasteiger partial charge in [0.1, 0.15) is 52.5 Å².